The summed E-state index contributed by atoms with van der Waals surface area (Å²) in [5.74, 6) is 0.00573. The van der Waals surface area contributed by atoms with Gasteiger partial charge in [-0.3, -0.25) is 4.79 Å². The van der Waals surface area contributed by atoms with Gasteiger partial charge in [0.2, 0.25) is 0 Å². The van der Waals surface area contributed by atoms with Gasteiger partial charge in [0.05, 0.1) is 28.8 Å². The first kappa shape index (κ1) is 12.7. The fraction of sp³-hybridized carbons (Fsp3) is 0.400. The Morgan fingerprint density at radius 2 is 2.15 bits per heavy atom. The SMILES string of the molecule is CC1(C#N)CCN(C(=O)c2cnn3ccccc23)CC1. The lowest BCUT2D eigenvalue weighted by Crippen LogP contribution is -2.41. The molecular weight excluding hydrogens is 252 g/mol. The van der Waals surface area contributed by atoms with Crippen LogP contribution in [0.3, 0.4) is 0 Å². The Hall–Kier alpha value is -2.35. The molecular formula is C15H16N4O. The summed E-state index contributed by atoms with van der Waals surface area (Å²) < 4.78 is 1.70. The number of carbonyl (C=O) groups excluding carboxylic acids is 1. The highest BCUT2D eigenvalue weighted by Gasteiger charge is 2.32. The van der Waals surface area contributed by atoms with E-state index in [0.717, 1.165) is 18.4 Å². The Morgan fingerprint density at radius 3 is 2.85 bits per heavy atom. The molecule has 1 fully saturated rings. The molecule has 5 nitrogen and oxygen atoms in total. The van der Waals surface area contributed by atoms with E-state index in [1.807, 2.05) is 36.2 Å². The summed E-state index contributed by atoms with van der Waals surface area (Å²) in [5.41, 5.74) is 1.16. The molecule has 3 heterocycles. The van der Waals surface area contributed by atoms with Crippen molar-refractivity contribution in [3.63, 3.8) is 0 Å². The van der Waals surface area contributed by atoms with E-state index in [4.69, 9.17) is 5.26 Å². The lowest BCUT2D eigenvalue weighted by atomic mass is 9.82. The first-order chi connectivity index (χ1) is 9.63. The van der Waals surface area contributed by atoms with Crippen LogP contribution in [-0.2, 0) is 0 Å². The molecule has 1 saturated heterocycles. The van der Waals surface area contributed by atoms with Gasteiger partial charge in [0.1, 0.15) is 0 Å². The van der Waals surface area contributed by atoms with Gasteiger partial charge in [-0.2, -0.15) is 10.4 Å². The molecule has 0 N–H and O–H groups in total. The maximum absolute atomic E-state index is 12.6. The van der Waals surface area contributed by atoms with E-state index in [-0.39, 0.29) is 11.3 Å². The molecule has 1 aliphatic rings. The van der Waals surface area contributed by atoms with E-state index in [0.29, 0.717) is 18.7 Å². The van der Waals surface area contributed by atoms with Crippen LogP contribution in [0.2, 0.25) is 0 Å². The molecule has 0 unspecified atom stereocenters. The molecule has 5 heteroatoms. The van der Waals surface area contributed by atoms with Gasteiger partial charge >= 0.3 is 0 Å². The lowest BCUT2D eigenvalue weighted by molar-refractivity contribution is 0.0663. The van der Waals surface area contributed by atoms with E-state index < -0.39 is 0 Å². The van der Waals surface area contributed by atoms with Crippen molar-refractivity contribution in [3.05, 3.63) is 36.2 Å². The Balaban J connectivity index is 1.82. The highest BCUT2D eigenvalue weighted by atomic mass is 16.2. The monoisotopic (exact) mass is 268 g/mol. The zero-order valence-corrected chi connectivity index (χ0v) is 11.4. The summed E-state index contributed by atoms with van der Waals surface area (Å²) in [6.07, 6.45) is 4.91. The van der Waals surface area contributed by atoms with Crippen molar-refractivity contribution in [1.82, 2.24) is 14.5 Å². The first-order valence-electron chi connectivity index (χ1n) is 6.76. The van der Waals surface area contributed by atoms with E-state index in [1.165, 1.54) is 0 Å². The quantitative estimate of drug-likeness (QED) is 0.795. The maximum Gasteiger partial charge on any atom is 0.257 e. The van der Waals surface area contributed by atoms with Crippen molar-refractivity contribution >= 4 is 11.4 Å². The molecule has 2 aromatic heterocycles. The van der Waals surface area contributed by atoms with E-state index in [1.54, 1.807) is 10.7 Å². The molecule has 0 spiro atoms. The van der Waals surface area contributed by atoms with Gasteiger partial charge < -0.3 is 4.90 Å². The summed E-state index contributed by atoms with van der Waals surface area (Å²) in [5, 5.41) is 13.3. The second kappa shape index (κ2) is 4.64. The largest absolute Gasteiger partial charge is 0.338 e. The zero-order chi connectivity index (χ0) is 14.2. The van der Waals surface area contributed by atoms with E-state index >= 15 is 0 Å². The van der Waals surface area contributed by atoms with Gasteiger partial charge in [-0.05, 0) is 31.9 Å². The highest BCUT2D eigenvalue weighted by molar-refractivity contribution is 6.00. The third-order valence-electron chi connectivity index (χ3n) is 4.08. The van der Waals surface area contributed by atoms with Gasteiger partial charge in [-0.15, -0.1) is 0 Å². The number of nitrogens with zero attached hydrogens (tertiary/aromatic N) is 4. The molecule has 102 valence electrons. The van der Waals surface area contributed by atoms with Crippen molar-refractivity contribution in [1.29, 1.82) is 5.26 Å². The number of likely N-dealkylation sites (tertiary alicyclic amines) is 1. The Kier molecular flexibility index (Phi) is 2.94. The van der Waals surface area contributed by atoms with Crippen molar-refractivity contribution in [2.45, 2.75) is 19.8 Å². The normalized spacial score (nSPS) is 17.9. The summed E-state index contributed by atoms with van der Waals surface area (Å²) in [4.78, 5) is 14.4. The average molecular weight is 268 g/mol. The molecule has 3 rings (SSSR count). The Labute approximate surface area is 117 Å². The van der Waals surface area contributed by atoms with E-state index in [9.17, 15) is 4.79 Å². The minimum Gasteiger partial charge on any atom is -0.338 e. The van der Waals surface area contributed by atoms with Crippen molar-refractivity contribution in [2.75, 3.05) is 13.1 Å². The minimum absolute atomic E-state index is 0.00573. The summed E-state index contributed by atoms with van der Waals surface area (Å²) in [6.45, 7) is 3.23. The van der Waals surface area contributed by atoms with Crippen LogP contribution in [0.1, 0.15) is 30.1 Å². The molecule has 0 atom stereocenters. The number of rotatable bonds is 1. The number of fused-ring (bicyclic) bond motifs is 1. The summed E-state index contributed by atoms with van der Waals surface area (Å²) in [7, 11) is 0. The highest BCUT2D eigenvalue weighted by Crippen LogP contribution is 2.30. The minimum atomic E-state index is -0.294. The van der Waals surface area contributed by atoms with Crippen molar-refractivity contribution in [3.8, 4) is 6.07 Å². The second-order valence-electron chi connectivity index (χ2n) is 5.55. The molecule has 0 bridgehead atoms. The predicted octanol–water partition coefficient (Wildman–Crippen LogP) is 2.10. The van der Waals surface area contributed by atoms with Gasteiger partial charge in [0.15, 0.2) is 0 Å². The smallest absolute Gasteiger partial charge is 0.257 e. The predicted molar refractivity (Wildman–Crippen MR) is 74.0 cm³/mol. The Bertz CT molecular complexity index is 689. The van der Waals surface area contributed by atoms with Crippen molar-refractivity contribution < 1.29 is 4.79 Å². The van der Waals surface area contributed by atoms with Gasteiger partial charge in [0.25, 0.3) is 5.91 Å². The molecule has 2 aromatic rings. The van der Waals surface area contributed by atoms with Crippen molar-refractivity contribution in [2.24, 2.45) is 5.41 Å². The lowest BCUT2D eigenvalue weighted by Gasteiger charge is -2.34. The van der Waals surface area contributed by atoms with Crippen LogP contribution < -0.4 is 0 Å². The maximum atomic E-state index is 12.6. The fourth-order valence-corrected chi connectivity index (χ4v) is 2.58. The van der Waals surface area contributed by atoms with Crippen LogP contribution in [0.5, 0.6) is 0 Å². The molecule has 20 heavy (non-hydrogen) atoms. The number of hydrogen-bond acceptors (Lipinski definition) is 3. The number of nitriles is 1. The van der Waals surface area contributed by atoms with Crippen LogP contribution in [0.15, 0.2) is 30.6 Å². The van der Waals surface area contributed by atoms with Crippen LogP contribution in [0.4, 0.5) is 0 Å². The van der Waals surface area contributed by atoms with Gasteiger partial charge in [-0.1, -0.05) is 6.07 Å². The topological polar surface area (TPSA) is 61.4 Å². The van der Waals surface area contributed by atoms with Crippen LogP contribution in [0, 0.1) is 16.7 Å². The molecule has 1 amide bonds. The molecule has 0 radical (unpaired) electrons. The number of carbonyl (C=O) groups is 1. The molecule has 0 saturated carbocycles. The molecule has 0 aliphatic carbocycles. The van der Waals surface area contributed by atoms with Gasteiger partial charge in [-0.25, -0.2) is 4.52 Å². The third-order valence-corrected chi connectivity index (χ3v) is 4.08. The molecule has 0 aromatic carbocycles. The first-order valence-corrected chi connectivity index (χ1v) is 6.76. The third kappa shape index (κ3) is 2.03. The van der Waals surface area contributed by atoms with Crippen LogP contribution >= 0.6 is 0 Å². The van der Waals surface area contributed by atoms with Crippen LogP contribution in [0.25, 0.3) is 5.52 Å². The number of aromatic nitrogens is 2. The summed E-state index contributed by atoms with van der Waals surface area (Å²) in [6, 6.07) is 8.02. The molecule has 1 aliphatic heterocycles. The zero-order valence-electron chi connectivity index (χ0n) is 11.4. The average Bonchev–Trinajstić information content (AvgIpc) is 2.91. The fourth-order valence-electron chi connectivity index (χ4n) is 2.58. The Morgan fingerprint density at radius 1 is 1.40 bits per heavy atom. The van der Waals surface area contributed by atoms with E-state index in [2.05, 4.69) is 11.2 Å². The number of amides is 1. The number of hydrogen-bond donors (Lipinski definition) is 0. The number of pyridine rings is 1. The van der Waals surface area contributed by atoms with Gasteiger partial charge in [0, 0.05) is 19.3 Å². The number of piperidine rings is 1. The second-order valence-corrected chi connectivity index (χ2v) is 5.55. The van der Waals surface area contributed by atoms with Crippen LogP contribution in [-0.4, -0.2) is 33.5 Å². The standard InChI is InChI=1S/C15H16N4O/c1-15(11-16)5-8-18(9-6-15)14(20)12-10-17-19-7-3-2-4-13(12)19/h2-4,7,10H,5-6,8-9H2,1H3. The summed E-state index contributed by atoms with van der Waals surface area (Å²) >= 11 is 0.